The molecule has 0 saturated heterocycles. The highest BCUT2D eigenvalue weighted by Crippen LogP contribution is 2.24. The summed E-state index contributed by atoms with van der Waals surface area (Å²) in [5.41, 5.74) is 2.26. The molecule has 0 aliphatic rings. The predicted octanol–water partition coefficient (Wildman–Crippen LogP) is 5.32. The minimum Gasteiger partial charge on any atom is -0.493 e. The maximum atomic E-state index is 12.7. The van der Waals surface area contributed by atoms with E-state index in [0.29, 0.717) is 24.4 Å². The Labute approximate surface area is 203 Å². The molecule has 2 heterocycles. The van der Waals surface area contributed by atoms with Crippen molar-refractivity contribution in [1.82, 2.24) is 9.55 Å². The van der Waals surface area contributed by atoms with E-state index in [-0.39, 0.29) is 19.0 Å². The van der Waals surface area contributed by atoms with Gasteiger partial charge in [-0.3, -0.25) is 9.36 Å². The average molecular weight is 483 g/mol. The number of aliphatic carboxylic acids is 1. The largest absolute Gasteiger partial charge is 0.493 e. The van der Waals surface area contributed by atoms with Gasteiger partial charge in [0, 0.05) is 29.0 Å². The van der Waals surface area contributed by atoms with Crippen LogP contribution in [0.25, 0.3) is 11.8 Å². The number of carboxylic acid groups (broad SMARTS) is 1. The summed E-state index contributed by atoms with van der Waals surface area (Å²) in [4.78, 5) is 29.2. The van der Waals surface area contributed by atoms with Crippen LogP contribution in [0, 0.1) is 0 Å². The van der Waals surface area contributed by atoms with Gasteiger partial charge in [-0.15, -0.1) is 11.3 Å². The summed E-state index contributed by atoms with van der Waals surface area (Å²) in [6.07, 6.45) is 6.92. The number of unbranched alkanes of at least 4 members (excludes halogenated alkanes) is 1. The summed E-state index contributed by atoms with van der Waals surface area (Å²) < 4.78 is 12.9. The summed E-state index contributed by atoms with van der Waals surface area (Å²) >= 11 is 1.60. The minimum atomic E-state index is -0.896. The van der Waals surface area contributed by atoms with Crippen molar-refractivity contribution < 1.29 is 24.2 Å². The van der Waals surface area contributed by atoms with Crippen molar-refractivity contribution in [3.63, 3.8) is 0 Å². The number of nitrogens with zero attached hydrogens (tertiary/aromatic N) is 2. The maximum Gasteiger partial charge on any atom is 0.334 e. The zero-order valence-corrected chi connectivity index (χ0v) is 20.3. The Hall–Kier alpha value is -3.39. The van der Waals surface area contributed by atoms with Gasteiger partial charge in [-0.05, 0) is 55.1 Å². The lowest BCUT2D eigenvalue weighted by Crippen LogP contribution is -2.10. The fourth-order valence-electron chi connectivity index (χ4n) is 3.45. The number of hydrogen-bond donors (Lipinski definition) is 1. The number of carbonyl (C=O) groups is 2. The van der Waals surface area contributed by atoms with Crippen molar-refractivity contribution in [2.75, 3.05) is 13.2 Å². The number of imidazole rings is 1. The fraction of sp³-hybridized carbons (Fsp3) is 0.346. The molecule has 8 heteroatoms. The van der Waals surface area contributed by atoms with E-state index in [4.69, 9.17) is 14.6 Å². The van der Waals surface area contributed by atoms with Gasteiger partial charge in [0.05, 0.1) is 31.5 Å². The molecule has 2 aromatic heterocycles. The second-order valence-electron chi connectivity index (χ2n) is 7.67. The summed E-state index contributed by atoms with van der Waals surface area (Å²) in [5, 5.41) is 10.8. The highest BCUT2D eigenvalue weighted by Gasteiger charge is 2.16. The first-order chi connectivity index (χ1) is 16.5. The lowest BCUT2D eigenvalue weighted by molar-refractivity contribution is -0.139. The highest BCUT2D eigenvalue weighted by molar-refractivity contribution is 7.09. The molecule has 0 atom stereocenters. The zero-order chi connectivity index (χ0) is 24.3. The molecule has 3 aromatic rings. The Morgan fingerprint density at radius 2 is 1.97 bits per heavy atom. The smallest absolute Gasteiger partial charge is 0.334 e. The standard InChI is InChI=1S/C26H30N2O5S/c1-3-5-8-24-27-18-21(16-19(26(31)32-4-2)17-23-7-6-15-34-23)28(24)20-9-11-22(12-10-20)33-14-13-25(29)30/h6-7,9-12,15-16,18H,3-5,8,13-14,17H2,1-2H3,(H,29,30)/b19-16+. The molecule has 1 aromatic carbocycles. The van der Waals surface area contributed by atoms with Crippen LogP contribution < -0.4 is 4.74 Å². The number of thiophene rings is 1. The van der Waals surface area contributed by atoms with Crippen molar-refractivity contribution in [1.29, 1.82) is 0 Å². The molecule has 0 saturated carbocycles. The third-order valence-corrected chi connectivity index (χ3v) is 5.98. The van der Waals surface area contributed by atoms with Gasteiger partial charge >= 0.3 is 11.9 Å². The summed E-state index contributed by atoms with van der Waals surface area (Å²) in [5.74, 6) is 0.280. The van der Waals surface area contributed by atoms with Crippen molar-refractivity contribution in [2.24, 2.45) is 0 Å². The molecule has 0 aliphatic carbocycles. The molecule has 0 aliphatic heterocycles. The molecule has 0 spiro atoms. The van der Waals surface area contributed by atoms with E-state index >= 15 is 0 Å². The first-order valence-electron chi connectivity index (χ1n) is 11.4. The van der Waals surface area contributed by atoms with Crippen LogP contribution >= 0.6 is 11.3 Å². The lowest BCUT2D eigenvalue weighted by Gasteiger charge is -2.13. The van der Waals surface area contributed by atoms with Gasteiger partial charge in [-0.1, -0.05) is 19.4 Å². The predicted molar refractivity (Wildman–Crippen MR) is 133 cm³/mol. The van der Waals surface area contributed by atoms with Crippen LogP contribution in [0.5, 0.6) is 5.75 Å². The Morgan fingerprint density at radius 3 is 2.62 bits per heavy atom. The number of aromatic nitrogens is 2. The van der Waals surface area contributed by atoms with Crippen LogP contribution in [0.2, 0.25) is 0 Å². The Kier molecular flexibility index (Phi) is 9.46. The minimum absolute atomic E-state index is 0.0553. The fourth-order valence-corrected chi connectivity index (χ4v) is 4.18. The van der Waals surface area contributed by atoms with Crippen molar-refractivity contribution in [2.45, 2.75) is 46.0 Å². The number of benzene rings is 1. The Balaban J connectivity index is 1.95. The summed E-state index contributed by atoms with van der Waals surface area (Å²) in [6.45, 7) is 4.36. The van der Waals surface area contributed by atoms with Crippen molar-refractivity contribution >= 4 is 29.4 Å². The quantitative estimate of drug-likeness (QED) is 0.262. The molecule has 0 bridgehead atoms. The zero-order valence-electron chi connectivity index (χ0n) is 19.5. The normalized spacial score (nSPS) is 11.4. The number of carbonyl (C=O) groups excluding carboxylic acids is 1. The molecular weight excluding hydrogens is 452 g/mol. The van der Waals surface area contributed by atoms with Gasteiger partial charge in [0.1, 0.15) is 11.6 Å². The van der Waals surface area contributed by atoms with Crippen LogP contribution in [0.15, 0.2) is 53.5 Å². The monoisotopic (exact) mass is 482 g/mol. The highest BCUT2D eigenvalue weighted by atomic mass is 32.1. The van der Waals surface area contributed by atoms with E-state index in [9.17, 15) is 9.59 Å². The van der Waals surface area contributed by atoms with Crippen molar-refractivity contribution in [3.05, 3.63) is 69.9 Å². The van der Waals surface area contributed by atoms with Crippen LogP contribution in [-0.4, -0.2) is 39.8 Å². The van der Waals surface area contributed by atoms with Crippen molar-refractivity contribution in [3.8, 4) is 11.4 Å². The number of carboxylic acids is 1. The van der Waals surface area contributed by atoms with Gasteiger partial charge in [0.2, 0.25) is 0 Å². The van der Waals surface area contributed by atoms with Gasteiger partial charge in [0.25, 0.3) is 0 Å². The number of hydrogen-bond acceptors (Lipinski definition) is 6. The number of ether oxygens (including phenoxy) is 2. The molecule has 0 fully saturated rings. The number of aryl methyl sites for hydroxylation is 1. The van der Waals surface area contributed by atoms with E-state index in [1.165, 1.54) is 0 Å². The molecule has 34 heavy (non-hydrogen) atoms. The van der Waals surface area contributed by atoms with Crippen LogP contribution in [0.1, 0.15) is 49.5 Å². The summed E-state index contributed by atoms with van der Waals surface area (Å²) in [7, 11) is 0. The molecular formula is C26H30N2O5S. The van der Waals surface area contributed by atoms with Crippen LogP contribution in [-0.2, 0) is 27.2 Å². The molecule has 0 radical (unpaired) electrons. The summed E-state index contributed by atoms with van der Waals surface area (Å²) in [6, 6.07) is 11.4. The molecule has 0 amide bonds. The van der Waals surface area contributed by atoms with E-state index in [2.05, 4.69) is 11.9 Å². The second kappa shape index (κ2) is 12.7. The third kappa shape index (κ3) is 7.05. The van der Waals surface area contributed by atoms with Gasteiger partial charge in [-0.2, -0.15) is 0 Å². The Morgan fingerprint density at radius 1 is 1.18 bits per heavy atom. The van der Waals surface area contributed by atoms with Gasteiger partial charge in [-0.25, -0.2) is 9.78 Å². The second-order valence-corrected chi connectivity index (χ2v) is 8.70. The van der Waals surface area contributed by atoms with E-state index in [1.807, 2.05) is 52.4 Å². The van der Waals surface area contributed by atoms with Gasteiger partial charge < -0.3 is 14.6 Å². The topological polar surface area (TPSA) is 90.6 Å². The molecule has 0 unspecified atom stereocenters. The van der Waals surface area contributed by atoms with E-state index in [1.54, 1.807) is 24.5 Å². The van der Waals surface area contributed by atoms with E-state index < -0.39 is 5.97 Å². The van der Waals surface area contributed by atoms with Crippen LogP contribution in [0.4, 0.5) is 0 Å². The number of rotatable bonds is 13. The maximum absolute atomic E-state index is 12.7. The molecule has 1 N–H and O–H groups in total. The SMILES string of the molecule is CCCCc1ncc(/C=C(\Cc2cccs2)C(=O)OCC)n1-c1ccc(OCCC(=O)O)cc1. The van der Waals surface area contributed by atoms with Gasteiger partial charge in [0.15, 0.2) is 0 Å². The van der Waals surface area contributed by atoms with Crippen LogP contribution in [0.3, 0.4) is 0 Å². The first-order valence-corrected chi connectivity index (χ1v) is 12.3. The molecule has 7 nitrogen and oxygen atoms in total. The number of esters is 1. The third-order valence-electron chi connectivity index (χ3n) is 5.10. The van der Waals surface area contributed by atoms with E-state index in [0.717, 1.165) is 41.3 Å². The first kappa shape index (κ1) is 25.2. The molecule has 180 valence electrons. The average Bonchev–Trinajstić information content (AvgIpc) is 3.47. The Bertz CT molecular complexity index is 1100. The lowest BCUT2D eigenvalue weighted by atomic mass is 10.1. The molecule has 3 rings (SSSR count).